The molecule has 5 rings (SSSR count). The molecule has 0 spiro atoms. The fourth-order valence-electron chi connectivity index (χ4n) is 4.89. The van der Waals surface area contributed by atoms with Gasteiger partial charge in [-0.1, -0.05) is 31.4 Å². The minimum atomic E-state index is -4.64. The molecule has 0 aliphatic heterocycles. The van der Waals surface area contributed by atoms with Gasteiger partial charge in [0, 0.05) is 11.8 Å². The molecule has 0 radical (unpaired) electrons. The van der Waals surface area contributed by atoms with Crippen molar-refractivity contribution in [3.8, 4) is 0 Å². The van der Waals surface area contributed by atoms with Gasteiger partial charge in [0.1, 0.15) is 11.3 Å². The fraction of sp³-hybridized carbons (Fsp3) is 0.379. The number of pyridine rings is 2. The number of nitrogens with zero attached hydrogens (tertiary/aromatic N) is 4. The lowest BCUT2D eigenvalue weighted by molar-refractivity contribution is -0.138. The lowest BCUT2D eigenvalue weighted by atomic mass is 9.84. The molecule has 4 aromatic rings. The van der Waals surface area contributed by atoms with Crippen LogP contribution in [0, 0.1) is 12.7 Å². The number of fused-ring (bicyclic) bond motifs is 1. The first kappa shape index (κ1) is 29.2. The van der Waals surface area contributed by atoms with E-state index in [1.54, 1.807) is 12.1 Å². The smallest absolute Gasteiger partial charge is 0.285 e. The van der Waals surface area contributed by atoms with Crippen LogP contribution in [0.15, 0.2) is 59.7 Å². The summed E-state index contributed by atoms with van der Waals surface area (Å²) in [6.45, 7) is 1.41. The monoisotopic (exact) mass is 562 g/mol. The number of hydrogen-bond donors (Lipinski definition) is 0. The van der Waals surface area contributed by atoms with Crippen molar-refractivity contribution in [2.45, 2.75) is 70.5 Å². The molecule has 1 aliphatic rings. The van der Waals surface area contributed by atoms with Crippen molar-refractivity contribution < 1.29 is 26.3 Å². The Labute approximate surface area is 226 Å². The molecule has 0 atom stereocenters. The van der Waals surface area contributed by atoms with E-state index in [0.717, 1.165) is 54.5 Å². The summed E-state index contributed by atoms with van der Waals surface area (Å²) in [4.78, 5) is 25.6. The summed E-state index contributed by atoms with van der Waals surface area (Å²) in [5.41, 5.74) is 0.0163. The summed E-state index contributed by atoms with van der Waals surface area (Å²) >= 11 is 0. The van der Waals surface area contributed by atoms with E-state index in [0.29, 0.717) is 5.56 Å². The number of halogens is 6. The SMILES string of the molecule is Cc1cccc(F)c1.O=c1c(C2CCCCC2)cc2nc(CC(F)F)cnc2n1Cc1ncccc1C(F)(F)F. The first-order valence-electron chi connectivity index (χ1n) is 12.9. The number of aromatic nitrogens is 4. The summed E-state index contributed by atoms with van der Waals surface area (Å²) in [5.74, 6) is -0.219. The molecule has 0 unspecified atom stereocenters. The molecular formula is C29H28F6N4O. The van der Waals surface area contributed by atoms with Crippen LogP contribution in [-0.2, 0) is 19.1 Å². The predicted molar refractivity (Wildman–Crippen MR) is 139 cm³/mol. The highest BCUT2D eigenvalue weighted by Crippen LogP contribution is 2.33. The van der Waals surface area contributed by atoms with E-state index in [1.165, 1.54) is 24.4 Å². The normalized spacial score (nSPS) is 14.3. The van der Waals surface area contributed by atoms with Gasteiger partial charge in [-0.3, -0.25) is 14.3 Å². The number of alkyl halides is 5. The molecule has 0 amide bonds. The fourth-order valence-corrected chi connectivity index (χ4v) is 4.89. The van der Waals surface area contributed by atoms with E-state index in [-0.39, 0.29) is 34.3 Å². The average Bonchev–Trinajstić information content (AvgIpc) is 2.90. The van der Waals surface area contributed by atoms with Gasteiger partial charge < -0.3 is 0 Å². The Morgan fingerprint density at radius 1 is 1.02 bits per heavy atom. The topological polar surface area (TPSA) is 60.7 Å². The molecule has 0 saturated heterocycles. The standard InChI is InChI=1S/C22H21F5N4O.C7H7F/c23-19(24)9-14-11-29-20-17(30-14)10-15(13-5-2-1-3-6-13)21(32)31(20)12-18-16(22(25,26)27)7-4-8-28-18;1-6-3-2-4-7(8)5-6/h4,7-8,10-11,13,19H,1-3,5-6,9,12H2;2-5H,1H3. The summed E-state index contributed by atoms with van der Waals surface area (Å²) in [5, 5.41) is 0. The Kier molecular flexibility index (Phi) is 9.21. The zero-order chi connectivity index (χ0) is 28.9. The first-order chi connectivity index (χ1) is 19.0. The van der Waals surface area contributed by atoms with Crippen LogP contribution >= 0.6 is 0 Å². The third-order valence-electron chi connectivity index (χ3n) is 6.76. The maximum absolute atomic E-state index is 13.5. The van der Waals surface area contributed by atoms with Crippen molar-refractivity contribution in [1.29, 1.82) is 0 Å². The molecule has 11 heteroatoms. The van der Waals surface area contributed by atoms with Crippen LogP contribution < -0.4 is 5.56 Å². The van der Waals surface area contributed by atoms with Crippen molar-refractivity contribution in [3.05, 3.63) is 99.1 Å². The van der Waals surface area contributed by atoms with E-state index < -0.39 is 36.7 Å². The second kappa shape index (κ2) is 12.6. The molecule has 5 nitrogen and oxygen atoms in total. The highest BCUT2D eigenvalue weighted by atomic mass is 19.4. The summed E-state index contributed by atoms with van der Waals surface area (Å²) in [6.07, 6.45) is -0.990. The van der Waals surface area contributed by atoms with Crippen LogP contribution in [0.3, 0.4) is 0 Å². The Balaban J connectivity index is 0.000000398. The zero-order valence-corrected chi connectivity index (χ0v) is 21.8. The maximum atomic E-state index is 13.5. The number of benzene rings is 1. The quantitative estimate of drug-likeness (QED) is 0.241. The summed E-state index contributed by atoms with van der Waals surface area (Å²) in [7, 11) is 0. The third kappa shape index (κ3) is 7.25. The average molecular weight is 563 g/mol. The van der Waals surface area contributed by atoms with Gasteiger partial charge in [-0.05, 0) is 61.6 Å². The highest BCUT2D eigenvalue weighted by Gasteiger charge is 2.34. The number of aryl methyl sites for hydroxylation is 1. The van der Waals surface area contributed by atoms with Crippen molar-refractivity contribution >= 4 is 11.2 Å². The molecular weight excluding hydrogens is 534 g/mol. The van der Waals surface area contributed by atoms with Crippen molar-refractivity contribution in [2.24, 2.45) is 0 Å². The van der Waals surface area contributed by atoms with Crippen LogP contribution in [-0.4, -0.2) is 25.9 Å². The van der Waals surface area contributed by atoms with Crippen LogP contribution in [0.1, 0.15) is 66.1 Å². The number of rotatable bonds is 5. The minimum absolute atomic E-state index is 0.0475. The third-order valence-corrected chi connectivity index (χ3v) is 6.76. The Morgan fingerprint density at radius 2 is 1.77 bits per heavy atom. The molecule has 1 aliphatic carbocycles. The van der Waals surface area contributed by atoms with E-state index >= 15 is 0 Å². The van der Waals surface area contributed by atoms with Crippen LogP contribution in [0.5, 0.6) is 0 Å². The highest BCUT2D eigenvalue weighted by molar-refractivity contribution is 5.71. The van der Waals surface area contributed by atoms with Crippen LogP contribution in [0.2, 0.25) is 0 Å². The molecule has 40 heavy (non-hydrogen) atoms. The largest absolute Gasteiger partial charge is 0.418 e. The van der Waals surface area contributed by atoms with Gasteiger partial charge >= 0.3 is 6.18 Å². The molecule has 3 heterocycles. The van der Waals surface area contributed by atoms with Gasteiger partial charge in [0.25, 0.3) is 5.56 Å². The first-order valence-corrected chi connectivity index (χ1v) is 12.9. The Hall–Kier alpha value is -3.76. The van der Waals surface area contributed by atoms with Gasteiger partial charge in [-0.2, -0.15) is 13.2 Å². The molecule has 0 N–H and O–H groups in total. The van der Waals surface area contributed by atoms with Gasteiger partial charge in [0.05, 0.1) is 36.1 Å². The second-order valence-electron chi connectivity index (χ2n) is 9.79. The molecule has 1 aromatic carbocycles. The molecule has 1 fully saturated rings. The van der Waals surface area contributed by atoms with E-state index in [9.17, 15) is 31.1 Å². The molecule has 212 valence electrons. The van der Waals surface area contributed by atoms with Crippen molar-refractivity contribution in [3.63, 3.8) is 0 Å². The van der Waals surface area contributed by atoms with E-state index in [2.05, 4.69) is 15.0 Å². The van der Waals surface area contributed by atoms with Crippen molar-refractivity contribution in [1.82, 2.24) is 19.5 Å². The Morgan fingerprint density at radius 3 is 2.40 bits per heavy atom. The number of hydrogen-bond acceptors (Lipinski definition) is 4. The zero-order valence-electron chi connectivity index (χ0n) is 21.8. The maximum Gasteiger partial charge on any atom is 0.418 e. The van der Waals surface area contributed by atoms with Gasteiger partial charge in [0.15, 0.2) is 5.65 Å². The van der Waals surface area contributed by atoms with Crippen molar-refractivity contribution in [2.75, 3.05) is 0 Å². The predicted octanol–water partition coefficient (Wildman–Crippen LogP) is 7.24. The molecule has 1 saturated carbocycles. The van der Waals surface area contributed by atoms with E-state index in [4.69, 9.17) is 0 Å². The second-order valence-corrected chi connectivity index (χ2v) is 9.79. The molecule has 3 aromatic heterocycles. The lowest BCUT2D eigenvalue weighted by Gasteiger charge is -2.23. The van der Waals surface area contributed by atoms with Crippen LogP contribution in [0.4, 0.5) is 26.3 Å². The van der Waals surface area contributed by atoms with E-state index in [1.807, 2.05) is 13.0 Å². The van der Waals surface area contributed by atoms with Gasteiger partial charge in [-0.15, -0.1) is 0 Å². The molecule has 0 bridgehead atoms. The van der Waals surface area contributed by atoms with Gasteiger partial charge in [-0.25, -0.2) is 23.1 Å². The summed E-state index contributed by atoms with van der Waals surface area (Å²) in [6, 6.07) is 10.2. The summed E-state index contributed by atoms with van der Waals surface area (Å²) < 4.78 is 79.4. The van der Waals surface area contributed by atoms with Crippen LogP contribution in [0.25, 0.3) is 11.2 Å². The lowest BCUT2D eigenvalue weighted by Crippen LogP contribution is -2.29. The Bertz CT molecular complexity index is 1500. The minimum Gasteiger partial charge on any atom is -0.285 e. The van der Waals surface area contributed by atoms with Gasteiger partial charge in [0.2, 0.25) is 6.43 Å².